The van der Waals surface area contributed by atoms with Crippen molar-refractivity contribution in [2.75, 3.05) is 38.0 Å². The van der Waals surface area contributed by atoms with Crippen LogP contribution in [0.15, 0.2) is 72.8 Å². The number of carbonyl (C=O) groups excluding carboxylic acids is 1. The summed E-state index contributed by atoms with van der Waals surface area (Å²) in [7, 11) is 0. The molecule has 1 fully saturated rings. The average Bonchev–Trinajstić information content (AvgIpc) is 3.29. The second-order valence-electron chi connectivity index (χ2n) is 10.3. The Morgan fingerprint density at radius 2 is 1.68 bits per heavy atom. The summed E-state index contributed by atoms with van der Waals surface area (Å²) in [6.07, 6.45) is 2.53. The van der Waals surface area contributed by atoms with Gasteiger partial charge in [0.15, 0.2) is 5.82 Å². The number of benzene rings is 3. The molecule has 204 valence electrons. The van der Waals surface area contributed by atoms with Crippen LogP contribution in [0.1, 0.15) is 23.4 Å². The third-order valence-electron chi connectivity index (χ3n) is 7.61. The quantitative estimate of drug-likeness (QED) is 0.279. The van der Waals surface area contributed by atoms with E-state index in [2.05, 4.69) is 35.9 Å². The zero-order chi connectivity index (χ0) is 27.5. The van der Waals surface area contributed by atoms with Gasteiger partial charge in [-0.3, -0.25) is 29.3 Å². The number of nitrogens with zero attached hydrogens (tertiary/aromatic N) is 6. The molecule has 0 bridgehead atoms. The minimum Gasteiger partial charge on any atom is -0.325 e. The zero-order valence-electron chi connectivity index (χ0n) is 22.2. The molecule has 1 amide bonds. The number of aromatic nitrogens is 3. The number of amides is 1. The smallest absolute Gasteiger partial charge is 0.273 e. The summed E-state index contributed by atoms with van der Waals surface area (Å²) in [5, 5.41) is 23.3. The van der Waals surface area contributed by atoms with Gasteiger partial charge < -0.3 is 5.32 Å². The minimum absolute atomic E-state index is 0.0436. The van der Waals surface area contributed by atoms with Crippen molar-refractivity contribution in [3.05, 3.63) is 99.9 Å². The normalized spacial score (nSPS) is 15.6. The third kappa shape index (κ3) is 5.49. The van der Waals surface area contributed by atoms with Gasteiger partial charge in [0.1, 0.15) is 5.82 Å². The molecule has 1 aromatic heterocycles. The summed E-state index contributed by atoms with van der Waals surface area (Å²) in [6, 6.07) is 23.0. The minimum atomic E-state index is -0.321. The molecule has 0 radical (unpaired) electrons. The van der Waals surface area contributed by atoms with Crippen LogP contribution >= 0.6 is 0 Å². The summed E-state index contributed by atoms with van der Waals surface area (Å²) >= 11 is 0. The standard InChI is InChI=1S/C30H31N7O3/c38-29(21-35-16-6-15-34(17-18-35)20-24-9-4-5-10-27(24)37(39)40)31-25-12-13-26-23(19-25)11-14-28-32-33-30(36(26)28)22-7-2-1-3-8-22/h1-5,7-10,12-13,19H,6,11,14-18,20-21H2,(H,31,38). The maximum atomic E-state index is 13.0. The van der Waals surface area contributed by atoms with Gasteiger partial charge >= 0.3 is 0 Å². The summed E-state index contributed by atoms with van der Waals surface area (Å²) < 4.78 is 2.12. The molecule has 0 aliphatic carbocycles. The molecule has 0 atom stereocenters. The van der Waals surface area contributed by atoms with Gasteiger partial charge in [-0.15, -0.1) is 10.2 Å². The highest BCUT2D eigenvalue weighted by molar-refractivity contribution is 5.92. The van der Waals surface area contributed by atoms with E-state index in [4.69, 9.17) is 0 Å². The van der Waals surface area contributed by atoms with E-state index in [1.165, 1.54) is 0 Å². The molecule has 3 aromatic carbocycles. The number of hydrogen-bond donors (Lipinski definition) is 1. The number of rotatable bonds is 7. The van der Waals surface area contributed by atoms with Gasteiger partial charge in [0.05, 0.1) is 17.2 Å². The third-order valence-corrected chi connectivity index (χ3v) is 7.61. The summed E-state index contributed by atoms with van der Waals surface area (Å²) in [4.78, 5) is 28.4. The summed E-state index contributed by atoms with van der Waals surface area (Å²) in [5.74, 6) is 1.73. The van der Waals surface area contributed by atoms with Gasteiger partial charge in [0.2, 0.25) is 5.91 Å². The molecule has 4 aromatic rings. The number of nitrogens with one attached hydrogen (secondary N) is 1. The van der Waals surface area contributed by atoms with Gasteiger partial charge in [-0.2, -0.15) is 0 Å². The van der Waals surface area contributed by atoms with Crippen LogP contribution in [0, 0.1) is 10.1 Å². The molecule has 0 unspecified atom stereocenters. The van der Waals surface area contributed by atoms with E-state index in [9.17, 15) is 14.9 Å². The number of hydrogen-bond acceptors (Lipinski definition) is 7. The van der Waals surface area contributed by atoms with E-state index in [1.807, 2.05) is 54.6 Å². The average molecular weight is 538 g/mol. The Labute approximate surface area is 232 Å². The van der Waals surface area contributed by atoms with Crippen LogP contribution in [0.25, 0.3) is 17.1 Å². The highest BCUT2D eigenvalue weighted by Gasteiger charge is 2.23. The van der Waals surface area contributed by atoms with E-state index in [-0.39, 0.29) is 16.5 Å². The lowest BCUT2D eigenvalue weighted by atomic mass is 10.0. The van der Waals surface area contributed by atoms with Crippen molar-refractivity contribution in [2.45, 2.75) is 25.8 Å². The van der Waals surface area contributed by atoms with Crippen LogP contribution in [0.2, 0.25) is 0 Å². The second kappa shape index (κ2) is 11.4. The number of nitro groups is 1. The van der Waals surface area contributed by atoms with Crippen LogP contribution in [0.3, 0.4) is 0 Å². The van der Waals surface area contributed by atoms with Gasteiger partial charge in [-0.25, -0.2) is 0 Å². The highest BCUT2D eigenvalue weighted by Crippen LogP contribution is 2.31. The number of aryl methyl sites for hydroxylation is 2. The highest BCUT2D eigenvalue weighted by atomic mass is 16.6. The SMILES string of the molecule is O=C(CN1CCCN(Cc2ccccc2[N+](=O)[O-])CC1)Nc1ccc2c(c1)CCc1nnc(-c3ccccc3)n1-2. The van der Waals surface area contributed by atoms with Crippen LogP contribution in [-0.4, -0.2) is 68.1 Å². The van der Waals surface area contributed by atoms with E-state index in [1.54, 1.807) is 12.1 Å². The fraction of sp³-hybridized carbons (Fsp3) is 0.300. The van der Waals surface area contributed by atoms with Gasteiger partial charge in [0, 0.05) is 48.9 Å². The first kappa shape index (κ1) is 25.8. The van der Waals surface area contributed by atoms with E-state index in [0.29, 0.717) is 13.1 Å². The summed E-state index contributed by atoms with van der Waals surface area (Å²) in [6.45, 7) is 3.98. The largest absolute Gasteiger partial charge is 0.325 e. The first-order chi connectivity index (χ1) is 19.5. The van der Waals surface area contributed by atoms with Crippen molar-refractivity contribution >= 4 is 17.3 Å². The first-order valence-electron chi connectivity index (χ1n) is 13.6. The maximum Gasteiger partial charge on any atom is 0.273 e. The van der Waals surface area contributed by atoms with Crippen LogP contribution < -0.4 is 5.32 Å². The van der Waals surface area contributed by atoms with Gasteiger partial charge in [0.25, 0.3) is 5.69 Å². The zero-order valence-corrected chi connectivity index (χ0v) is 22.2. The Morgan fingerprint density at radius 1 is 0.900 bits per heavy atom. The monoisotopic (exact) mass is 537 g/mol. The van der Waals surface area contributed by atoms with E-state index in [0.717, 1.165) is 85.2 Å². The molecule has 10 nitrogen and oxygen atoms in total. The molecule has 2 aliphatic rings. The van der Waals surface area contributed by atoms with Crippen molar-refractivity contribution in [1.29, 1.82) is 0 Å². The van der Waals surface area contributed by atoms with E-state index < -0.39 is 0 Å². The van der Waals surface area contributed by atoms with Crippen LogP contribution in [0.5, 0.6) is 0 Å². The number of carbonyl (C=O) groups is 1. The Kier molecular flexibility index (Phi) is 7.35. The topological polar surface area (TPSA) is 109 Å². The van der Waals surface area contributed by atoms with Gasteiger partial charge in [-0.1, -0.05) is 48.5 Å². The molecule has 40 heavy (non-hydrogen) atoms. The first-order valence-corrected chi connectivity index (χ1v) is 13.6. The Bertz CT molecular complexity index is 1540. The predicted molar refractivity (Wildman–Crippen MR) is 152 cm³/mol. The van der Waals surface area contributed by atoms with Crippen molar-refractivity contribution < 1.29 is 9.72 Å². The van der Waals surface area contributed by atoms with Crippen LogP contribution in [0.4, 0.5) is 11.4 Å². The number of fused-ring (bicyclic) bond motifs is 3. The lowest BCUT2D eigenvalue weighted by Gasteiger charge is -2.22. The molecule has 1 N–H and O–H groups in total. The molecule has 10 heteroatoms. The molecule has 1 saturated heterocycles. The molecule has 0 spiro atoms. The van der Waals surface area contributed by atoms with Crippen molar-refractivity contribution in [3.63, 3.8) is 0 Å². The Morgan fingerprint density at radius 3 is 2.52 bits per heavy atom. The molecule has 6 rings (SSSR count). The number of nitro benzene ring substituents is 1. The lowest BCUT2D eigenvalue weighted by Crippen LogP contribution is -2.36. The number of para-hydroxylation sites is 1. The van der Waals surface area contributed by atoms with Crippen molar-refractivity contribution in [2.24, 2.45) is 0 Å². The fourth-order valence-electron chi connectivity index (χ4n) is 5.64. The molecule has 0 saturated carbocycles. The van der Waals surface area contributed by atoms with Crippen molar-refractivity contribution in [3.8, 4) is 17.1 Å². The fourth-order valence-corrected chi connectivity index (χ4v) is 5.64. The second-order valence-corrected chi connectivity index (χ2v) is 10.3. The lowest BCUT2D eigenvalue weighted by molar-refractivity contribution is -0.385. The molecule has 3 heterocycles. The van der Waals surface area contributed by atoms with Gasteiger partial charge in [-0.05, 0) is 49.7 Å². The predicted octanol–water partition coefficient (Wildman–Crippen LogP) is 4.09. The summed E-state index contributed by atoms with van der Waals surface area (Å²) in [5.41, 5.74) is 4.89. The maximum absolute atomic E-state index is 13.0. The number of anilines is 1. The molecule has 2 aliphatic heterocycles. The Hall–Kier alpha value is -4.41. The van der Waals surface area contributed by atoms with Crippen molar-refractivity contribution in [1.82, 2.24) is 24.6 Å². The van der Waals surface area contributed by atoms with Crippen LogP contribution in [-0.2, 0) is 24.2 Å². The molecular weight excluding hydrogens is 506 g/mol. The molecular formula is C30H31N7O3. The van der Waals surface area contributed by atoms with E-state index >= 15 is 0 Å². The Balaban J connectivity index is 1.08.